The van der Waals surface area contributed by atoms with Crippen molar-refractivity contribution in [2.75, 3.05) is 5.75 Å². The molecule has 4 nitrogen and oxygen atoms in total. The fraction of sp³-hybridized carbons (Fsp3) is 0.381. The summed E-state index contributed by atoms with van der Waals surface area (Å²) in [5, 5.41) is 10.9. The van der Waals surface area contributed by atoms with Crippen LogP contribution in [0.25, 0.3) is 21.3 Å². The molecule has 0 saturated heterocycles. The van der Waals surface area contributed by atoms with Crippen LogP contribution in [0.4, 0.5) is 0 Å². The number of aliphatic carboxylic acids is 1. The first kappa shape index (κ1) is 19.8. The summed E-state index contributed by atoms with van der Waals surface area (Å²) in [6, 6.07) is 8.79. The molecule has 0 saturated carbocycles. The number of aromatic nitrogens is 2. The number of hydrogen-bond donors (Lipinski definition) is 1. The third-order valence-electron chi connectivity index (χ3n) is 4.49. The number of carboxylic acid groups (broad SMARTS) is 1. The van der Waals surface area contributed by atoms with Gasteiger partial charge < -0.3 is 5.11 Å². The van der Waals surface area contributed by atoms with E-state index in [2.05, 4.69) is 55.0 Å². The zero-order valence-corrected chi connectivity index (χ0v) is 17.5. The molecular formula is C21H24N2O2S2. The molecule has 27 heavy (non-hydrogen) atoms. The second kappa shape index (κ2) is 8.85. The fourth-order valence-electron chi connectivity index (χ4n) is 3.04. The van der Waals surface area contributed by atoms with Crippen LogP contribution in [0.3, 0.4) is 0 Å². The van der Waals surface area contributed by atoms with Crippen LogP contribution in [0.5, 0.6) is 0 Å². The maximum Gasteiger partial charge on any atom is 0.303 e. The van der Waals surface area contributed by atoms with Gasteiger partial charge in [0.15, 0.2) is 0 Å². The molecule has 0 spiro atoms. The summed E-state index contributed by atoms with van der Waals surface area (Å²) in [7, 11) is 0. The summed E-state index contributed by atoms with van der Waals surface area (Å²) >= 11 is 3.35. The van der Waals surface area contributed by atoms with Gasteiger partial charge in [-0.2, -0.15) is 0 Å². The molecule has 0 radical (unpaired) electrons. The Morgan fingerprint density at radius 2 is 1.96 bits per heavy atom. The van der Waals surface area contributed by atoms with E-state index in [1.165, 1.54) is 21.6 Å². The van der Waals surface area contributed by atoms with Gasteiger partial charge in [0.1, 0.15) is 16.2 Å². The Bertz CT molecular complexity index is 933. The topological polar surface area (TPSA) is 63.1 Å². The number of thiophene rings is 1. The Kier molecular flexibility index (Phi) is 6.50. The first-order valence-corrected chi connectivity index (χ1v) is 11.0. The van der Waals surface area contributed by atoms with E-state index < -0.39 is 5.97 Å². The average molecular weight is 401 g/mol. The molecule has 0 aliphatic rings. The predicted octanol–water partition coefficient (Wildman–Crippen LogP) is 6.00. The first-order valence-electron chi connectivity index (χ1n) is 9.22. The largest absolute Gasteiger partial charge is 0.481 e. The highest BCUT2D eigenvalue weighted by Crippen LogP contribution is 2.42. The van der Waals surface area contributed by atoms with Crippen LogP contribution in [-0.4, -0.2) is 26.8 Å². The number of fused-ring (bicyclic) bond motifs is 1. The second-order valence-corrected chi connectivity index (χ2v) is 8.90. The molecule has 1 aromatic carbocycles. The minimum atomic E-state index is -0.752. The summed E-state index contributed by atoms with van der Waals surface area (Å²) in [4.78, 5) is 22.1. The molecule has 142 valence electrons. The van der Waals surface area contributed by atoms with Gasteiger partial charge in [-0.15, -0.1) is 23.1 Å². The van der Waals surface area contributed by atoms with Gasteiger partial charge in [-0.1, -0.05) is 45.0 Å². The molecule has 0 unspecified atom stereocenters. The summed E-state index contributed by atoms with van der Waals surface area (Å²) < 4.78 is 0. The van der Waals surface area contributed by atoms with Gasteiger partial charge in [-0.05, 0) is 29.9 Å². The normalized spacial score (nSPS) is 11.4. The van der Waals surface area contributed by atoms with Crippen molar-refractivity contribution in [3.05, 3.63) is 41.0 Å². The Labute approximate surface area is 168 Å². The van der Waals surface area contributed by atoms with Crippen LogP contribution in [-0.2, 0) is 11.2 Å². The smallest absolute Gasteiger partial charge is 0.303 e. The molecule has 0 aliphatic heterocycles. The zero-order chi connectivity index (χ0) is 19.4. The van der Waals surface area contributed by atoms with Crippen molar-refractivity contribution in [3.8, 4) is 11.1 Å². The van der Waals surface area contributed by atoms with Crippen molar-refractivity contribution in [1.82, 2.24) is 9.97 Å². The van der Waals surface area contributed by atoms with Crippen molar-refractivity contribution >= 4 is 39.3 Å². The van der Waals surface area contributed by atoms with Gasteiger partial charge in [0.2, 0.25) is 0 Å². The van der Waals surface area contributed by atoms with Gasteiger partial charge in [-0.3, -0.25) is 4.79 Å². The molecule has 0 fully saturated rings. The van der Waals surface area contributed by atoms with E-state index in [1.54, 1.807) is 29.4 Å². The standard InChI is InChI=1S/C21H24N2O2S2/c1-4-16-18(15-9-7-14(8-10-15)13(2)3)19-20(22-12-23-21(19)27-16)26-11-5-6-17(24)25/h7-10,12-13H,4-6,11H2,1-3H3,(H,24,25). The number of aryl methyl sites for hydroxylation is 1. The van der Waals surface area contributed by atoms with Gasteiger partial charge in [0.25, 0.3) is 0 Å². The molecule has 6 heteroatoms. The third-order valence-corrected chi connectivity index (χ3v) is 6.81. The quantitative estimate of drug-likeness (QED) is 0.285. The lowest BCUT2D eigenvalue weighted by molar-refractivity contribution is -0.137. The average Bonchev–Trinajstić information content (AvgIpc) is 3.04. The highest BCUT2D eigenvalue weighted by atomic mass is 32.2. The van der Waals surface area contributed by atoms with Gasteiger partial charge >= 0.3 is 5.97 Å². The lowest BCUT2D eigenvalue weighted by Gasteiger charge is -2.09. The van der Waals surface area contributed by atoms with E-state index in [4.69, 9.17) is 5.11 Å². The van der Waals surface area contributed by atoms with Crippen LogP contribution < -0.4 is 0 Å². The van der Waals surface area contributed by atoms with Crippen LogP contribution in [0.1, 0.15) is 50.0 Å². The number of benzene rings is 1. The fourth-order valence-corrected chi connectivity index (χ4v) is 5.16. The molecule has 1 N–H and O–H groups in total. The molecule has 2 aromatic heterocycles. The molecular weight excluding hydrogens is 376 g/mol. The Morgan fingerprint density at radius 3 is 2.59 bits per heavy atom. The van der Waals surface area contributed by atoms with Crippen LogP contribution in [0, 0.1) is 0 Å². The number of rotatable bonds is 8. The van der Waals surface area contributed by atoms with Crippen molar-refractivity contribution in [2.45, 2.75) is 51.0 Å². The summed E-state index contributed by atoms with van der Waals surface area (Å²) in [6.45, 7) is 6.57. The van der Waals surface area contributed by atoms with Gasteiger partial charge in [0, 0.05) is 22.6 Å². The molecule has 0 atom stereocenters. The van der Waals surface area contributed by atoms with E-state index in [1.807, 2.05) is 0 Å². The van der Waals surface area contributed by atoms with E-state index in [9.17, 15) is 4.79 Å². The van der Waals surface area contributed by atoms with Crippen LogP contribution in [0.2, 0.25) is 0 Å². The SMILES string of the molecule is CCc1sc2ncnc(SCCCC(=O)O)c2c1-c1ccc(C(C)C)cc1. The first-order chi connectivity index (χ1) is 13.0. The molecule has 0 aliphatic carbocycles. The van der Waals surface area contributed by atoms with Crippen molar-refractivity contribution in [3.63, 3.8) is 0 Å². The van der Waals surface area contributed by atoms with Crippen molar-refractivity contribution in [2.24, 2.45) is 0 Å². The minimum Gasteiger partial charge on any atom is -0.481 e. The molecule has 3 aromatic rings. The van der Waals surface area contributed by atoms with Crippen molar-refractivity contribution in [1.29, 1.82) is 0 Å². The summed E-state index contributed by atoms with van der Waals surface area (Å²) in [5.41, 5.74) is 3.76. The highest BCUT2D eigenvalue weighted by Gasteiger charge is 2.18. The summed E-state index contributed by atoms with van der Waals surface area (Å²) in [5.74, 6) is 0.493. The Morgan fingerprint density at radius 1 is 1.22 bits per heavy atom. The van der Waals surface area contributed by atoms with E-state index in [0.717, 1.165) is 27.4 Å². The monoisotopic (exact) mass is 400 g/mol. The number of carbonyl (C=O) groups is 1. The van der Waals surface area contributed by atoms with Crippen LogP contribution >= 0.6 is 23.1 Å². The molecule has 0 amide bonds. The number of hydrogen-bond acceptors (Lipinski definition) is 5. The lowest BCUT2D eigenvalue weighted by atomic mass is 9.97. The highest BCUT2D eigenvalue weighted by molar-refractivity contribution is 7.99. The number of thioether (sulfide) groups is 1. The minimum absolute atomic E-state index is 0.189. The molecule has 0 bridgehead atoms. The van der Waals surface area contributed by atoms with Gasteiger partial charge in [-0.25, -0.2) is 9.97 Å². The Hall–Kier alpha value is -1.92. The maximum atomic E-state index is 10.7. The Balaban J connectivity index is 2.01. The van der Waals surface area contributed by atoms with E-state index in [0.29, 0.717) is 12.3 Å². The zero-order valence-electron chi connectivity index (χ0n) is 15.9. The second-order valence-electron chi connectivity index (χ2n) is 6.74. The lowest BCUT2D eigenvalue weighted by Crippen LogP contribution is -1.95. The predicted molar refractivity (Wildman–Crippen MR) is 114 cm³/mol. The van der Waals surface area contributed by atoms with Crippen LogP contribution in [0.15, 0.2) is 35.6 Å². The molecule has 3 rings (SSSR count). The van der Waals surface area contributed by atoms with E-state index in [-0.39, 0.29) is 6.42 Å². The van der Waals surface area contributed by atoms with E-state index >= 15 is 0 Å². The third kappa shape index (κ3) is 4.50. The maximum absolute atomic E-state index is 10.7. The van der Waals surface area contributed by atoms with Crippen molar-refractivity contribution < 1.29 is 9.90 Å². The number of carboxylic acids is 1. The van der Waals surface area contributed by atoms with Gasteiger partial charge in [0.05, 0.1) is 5.39 Å². The molecule has 2 heterocycles. The summed E-state index contributed by atoms with van der Waals surface area (Å²) in [6.07, 6.45) is 3.39. The number of nitrogens with zero attached hydrogens (tertiary/aromatic N) is 2.